The Morgan fingerprint density at radius 1 is 1.06 bits per heavy atom. The Morgan fingerprint density at radius 3 is 2.41 bits per heavy atom. The van der Waals surface area contributed by atoms with Gasteiger partial charge in [0.05, 0.1) is 13.0 Å². The monoisotopic (exact) mass is 448 g/mol. The normalized spacial score (nSPS) is 12.5. The van der Waals surface area contributed by atoms with Gasteiger partial charge in [0.15, 0.2) is 0 Å². The van der Waals surface area contributed by atoms with Crippen molar-refractivity contribution in [2.75, 3.05) is 20.3 Å². The first-order valence-electron chi connectivity index (χ1n) is 9.99. The number of carbonyl (C=O) groups excluding carboxylic acids is 3. The third-order valence-electron chi connectivity index (χ3n) is 4.44. The Balaban J connectivity index is 1.98. The van der Waals surface area contributed by atoms with Crippen LogP contribution in [-0.2, 0) is 32.0 Å². The summed E-state index contributed by atoms with van der Waals surface area (Å²) in [5.74, 6) is -3.20. The van der Waals surface area contributed by atoms with Gasteiger partial charge in [-0.2, -0.15) is 0 Å². The fourth-order valence-corrected chi connectivity index (χ4v) is 2.89. The van der Waals surface area contributed by atoms with E-state index in [-0.39, 0.29) is 24.9 Å². The number of ether oxygens (including phenoxy) is 1. The number of hydrogen-bond acceptors (Lipinski definition) is 5. The van der Waals surface area contributed by atoms with Crippen LogP contribution < -0.4 is 16.0 Å². The van der Waals surface area contributed by atoms with Gasteiger partial charge >= 0.3 is 0 Å². The molecule has 3 amide bonds. The van der Waals surface area contributed by atoms with Crippen LogP contribution in [0.2, 0.25) is 0 Å². The van der Waals surface area contributed by atoms with Crippen molar-refractivity contribution >= 4 is 17.7 Å². The third kappa shape index (κ3) is 8.38. The van der Waals surface area contributed by atoms with Crippen LogP contribution in [-0.4, -0.2) is 55.1 Å². The molecular formula is C22H26F2N4O4. The van der Waals surface area contributed by atoms with Gasteiger partial charge < -0.3 is 20.7 Å². The molecule has 0 saturated carbocycles. The van der Waals surface area contributed by atoms with Crippen molar-refractivity contribution in [3.05, 3.63) is 65.5 Å². The summed E-state index contributed by atoms with van der Waals surface area (Å²) in [6.45, 7) is 2.02. The molecule has 10 heteroatoms. The minimum Gasteiger partial charge on any atom is -0.383 e. The molecule has 32 heavy (non-hydrogen) atoms. The smallest absolute Gasteiger partial charge is 0.243 e. The molecule has 0 bridgehead atoms. The number of pyridine rings is 1. The maximum atomic E-state index is 13.3. The lowest BCUT2D eigenvalue weighted by Gasteiger charge is -2.21. The van der Waals surface area contributed by atoms with Crippen LogP contribution in [0.1, 0.15) is 18.2 Å². The Kier molecular flexibility index (Phi) is 9.68. The molecular weight excluding hydrogens is 422 g/mol. The van der Waals surface area contributed by atoms with Gasteiger partial charge in [-0.15, -0.1) is 0 Å². The number of hydrogen-bond donors (Lipinski definition) is 3. The van der Waals surface area contributed by atoms with Crippen molar-refractivity contribution in [1.29, 1.82) is 0 Å². The zero-order valence-corrected chi connectivity index (χ0v) is 17.9. The number of benzene rings is 1. The molecule has 0 spiro atoms. The van der Waals surface area contributed by atoms with E-state index in [1.807, 2.05) is 0 Å². The van der Waals surface area contributed by atoms with Crippen LogP contribution >= 0.6 is 0 Å². The molecule has 2 atom stereocenters. The summed E-state index contributed by atoms with van der Waals surface area (Å²) in [6.07, 6.45) is 1.42. The number of amides is 3. The van der Waals surface area contributed by atoms with Gasteiger partial charge in [-0.05, 0) is 36.8 Å². The van der Waals surface area contributed by atoms with E-state index in [2.05, 4.69) is 20.9 Å². The van der Waals surface area contributed by atoms with Gasteiger partial charge in [0.2, 0.25) is 17.7 Å². The number of nitrogens with one attached hydrogen (secondary N) is 3. The lowest BCUT2D eigenvalue weighted by atomic mass is 10.1. The number of carbonyl (C=O) groups is 3. The second kappa shape index (κ2) is 12.5. The van der Waals surface area contributed by atoms with Gasteiger partial charge in [0, 0.05) is 38.0 Å². The van der Waals surface area contributed by atoms with E-state index >= 15 is 0 Å². The van der Waals surface area contributed by atoms with Crippen molar-refractivity contribution in [3.63, 3.8) is 0 Å². The zero-order valence-electron chi connectivity index (χ0n) is 17.9. The summed E-state index contributed by atoms with van der Waals surface area (Å²) in [5.41, 5.74) is 0.739. The molecule has 0 saturated heterocycles. The molecule has 1 heterocycles. The first-order valence-corrected chi connectivity index (χ1v) is 9.99. The Hall–Kier alpha value is -3.40. The maximum Gasteiger partial charge on any atom is 0.243 e. The van der Waals surface area contributed by atoms with Gasteiger partial charge in [0.1, 0.15) is 23.7 Å². The highest BCUT2D eigenvalue weighted by atomic mass is 19.1. The molecule has 0 radical (unpaired) electrons. The van der Waals surface area contributed by atoms with Gasteiger partial charge in [-0.3, -0.25) is 19.4 Å². The van der Waals surface area contributed by atoms with E-state index < -0.39 is 41.4 Å². The van der Waals surface area contributed by atoms with E-state index in [9.17, 15) is 23.2 Å². The Bertz CT molecular complexity index is 907. The summed E-state index contributed by atoms with van der Waals surface area (Å²) in [6, 6.07) is 6.10. The average molecular weight is 448 g/mol. The largest absolute Gasteiger partial charge is 0.383 e. The van der Waals surface area contributed by atoms with E-state index in [1.165, 1.54) is 14.0 Å². The van der Waals surface area contributed by atoms with Crippen molar-refractivity contribution in [3.8, 4) is 0 Å². The van der Waals surface area contributed by atoms with E-state index in [1.54, 1.807) is 24.4 Å². The second-order valence-corrected chi connectivity index (χ2v) is 7.11. The van der Waals surface area contributed by atoms with Gasteiger partial charge in [-0.25, -0.2) is 8.78 Å². The SMILES string of the molecule is COCCNC(=O)C(Cc1ccccn1)NC(=O)[C@H](C)NC(=O)Cc1cc(F)cc(F)c1. The van der Waals surface area contributed by atoms with Crippen LogP contribution in [0.3, 0.4) is 0 Å². The predicted molar refractivity (Wildman–Crippen MR) is 112 cm³/mol. The van der Waals surface area contributed by atoms with Crippen LogP contribution in [0.4, 0.5) is 8.78 Å². The van der Waals surface area contributed by atoms with E-state index in [4.69, 9.17) is 4.74 Å². The van der Waals surface area contributed by atoms with E-state index in [0.29, 0.717) is 18.4 Å². The molecule has 2 aromatic rings. The highest BCUT2D eigenvalue weighted by Gasteiger charge is 2.25. The lowest BCUT2D eigenvalue weighted by molar-refractivity contribution is -0.131. The molecule has 0 aliphatic rings. The minimum atomic E-state index is -0.987. The third-order valence-corrected chi connectivity index (χ3v) is 4.44. The molecule has 1 aromatic heterocycles. The predicted octanol–water partition coefficient (Wildman–Crippen LogP) is 0.897. The Morgan fingerprint density at radius 2 is 1.78 bits per heavy atom. The Labute approximate surface area is 184 Å². The number of halogens is 2. The van der Waals surface area contributed by atoms with Crippen molar-refractivity contribution in [2.24, 2.45) is 0 Å². The molecule has 2 rings (SSSR count). The molecule has 172 valence electrons. The molecule has 0 fully saturated rings. The highest BCUT2D eigenvalue weighted by molar-refractivity contribution is 5.92. The molecule has 0 aliphatic heterocycles. The fraction of sp³-hybridized carbons (Fsp3) is 0.364. The number of aromatic nitrogens is 1. The minimum absolute atomic E-state index is 0.137. The quantitative estimate of drug-likeness (QED) is 0.443. The second-order valence-electron chi connectivity index (χ2n) is 7.11. The van der Waals surface area contributed by atoms with Crippen molar-refractivity contribution in [1.82, 2.24) is 20.9 Å². The summed E-state index contributed by atoms with van der Waals surface area (Å²) in [5, 5.41) is 7.74. The molecule has 1 aromatic carbocycles. The van der Waals surface area contributed by atoms with Gasteiger partial charge in [-0.1, -0.05) is 6.07 Å². The summed E-state index contributed by atoms with van der Waals surface area (Å²) < 4.78 is 31.5. The summed E-state index contributed by atoms with van der Waals surface area (Å²) >= 11 is 0. The number of rotatable bonds is 11. The topological polar surface area (TPSA) is 109 Å². The first kappa shape index (κ1) is 24.9. The maximum absolute atomic E-state index is 13.3. The summed E-state index contributed by atoms with van der Waals surface area (Å²) in [7, 11) is 1.50. The molecule has 8 nitrogen and oxygen atoms in total. The lowest BCUT2D eigenvalue weighted by Crippen LogP contribution is -2.54. The first-order chi connectivity index (χ1) is 15.3. The van der Waals surface area contributed by atoms with Crippen LogP contribution in [0.25, 0.3) is 0 Å². The zero-order chi connectivity index (χ0) is 23.5. The molecule has 1 unspecified atom stereocenters. The fourth-order valence-electron chi connectivity index (χ4n) is 2.89. The van der Waals surface area contributed by atoms with Crippen molar-refractivity contribution < 1.29 is 27.9 Å². The highest BCUT2D eigenvalue weighted by Crippen LogP contribution is 2.09. The van der Waals surface area contributed by atoms with Crippen molar-refractivity contribution in [2.45, 2.75) is 31.8 Å². The van der Waals surface area contributed by atoms with Gasteiger partial charge in [0.25, 0.3) is 0 Å². The standard InChI is InChI=1S/C22H26F2N4O4/c1-14(27-20(29)11-15-9-16(23)12-17(24)10-15)21(30)28-19(22(31)26-7-8-32-2)13-18-5-3-4-6-25-18/h3-6,9-10,12,14,19H,7-8,11,13H2,1-2H3,(H,26,31)(H,27,29)(H,28,30)/t14-,19?/m0/s1. The number of nitrogens with zero attached hydrogens (tertiary/aromatic N) is 1. The van der Waals surface area contributed by atoms with Crippen LogP contribution in [0.15, 0.2) is 42.6 Å². The summed E-state index contributed by atoms with van der Waals surface area (Å²) in [4.78, 5) is 41.5. The van der Waals surface area contributed by atoms with E-state index in [0.717, 1.165) is 12.1 Å². The van der Waals surface area contributed by atoms with Crippen LogP contribution in [0.5, 0.6) is 0 Å². The number of methoxy groups -OCH3 is 1. The molecule has 0 aliphatic carbocycles. The van der Waals surface area contributed by atoms with Crippen LogP contribution in [0, 0.1) is 11.6 Å². The molecule has 3 N–H and O–H groups in total. The average Bonchev–Trinajstić information content (AvgIpc) is 2.73.